The van der Waals surface area contributed by atoms with E-state index in [-0.39, 0.29) is 0 Å². The van der Waals surface area contributed by atoms with Crippen molar-refractivity contribution >= 4 is 0 Å². The van der Waals surface area contributed by atoms with E-state index in [0.29, 0.717) is 0 Å². The second kappa shape index (κ2) is 7.49. The Bertz CT molecular complexity index is 213. The van der Waals surface area contributed by atoms with Crippen LogP contribution in [0.15, 0.2) is 0 Å². The number of piperidine rings is 1. The summed E-state index contributed by atoms with van der Waals surface area (Å²) in [6.45, 7) is 9.65. The molecule has 0 aromatic heterocycles. The van der Waals surface area contributed by atoms with Gasteiger partial charge in [-0.15, -0.1) is 0 Å². The fourth-order valence-electron chi connectivity index (χ4n) is 3.79. The summed E-state index contributed by atoms with van der Waals surface area (Å²) >= 11 is 0. The minimum atomic E-state index is 0.924. The Morgan fingerprint density at radius 3 is 2.11 bits per heavy atom. The molecule has 0 aromatic rings. The van der Waals surface area contributed by atoms with Gasteiger partial charge in [-0.25, -0.2) is 0 Å². The normalized spacial score (nSPS) is 31.7. The number of nitrogens with one attached hydrogen (secondary N) is 1. The van der Waals surface area contributed by atoms with Gasteiger partial charge in [0, 0.05) is 6.04 Å². The molecule has 1 aliphatic heterocycles. The predicted octanol–water partition coefficient (Wildman–Crippen LogP) is 3.28. The van der Waals surface area contributed by atoms with Crippen molar-refractivity contribution in [1.29, 1.82) is 0 Å². The molecule has 0 amide bonds. The monoisotopic (exact) mass is 252 g/mol. The van der Waals surface area contributed by atoms with E-state index < -0.39 is 0 Å². The summed E-state index contributed by atoms with van der Waals surface area (Å²) < 4.78 is 0. The molecule has 0 radical (unpaired) electrons. The average Bonchev–Trinajstić information content (AvgIpc) is 2.46. The molecule has 1 saturated carbocycles. The fraction of sp³-hybridized carbons (Fsp3) is 1.00. The quantitative estimate of drug-likeness (QED) is 0.808. The molecule has 2 nitrogen and oxygen atoms in total. The minimum Gasteiger partial charge on any atom is -0.317 e. The van der Waals surface area contributed by atoms with Gasteiger partial charge in [-0.05, 0) is 76.5 Å². The summed E-state index contributed by atoms with van der Waals surface area (Å²) in [5.74, 6) is 1.97. The minimum absolute atomic E-state index is 0.924. The topological polar surface area (TPSA) is 15.3 Å². The Hall–Kier alpha value is -0.0800. The van der Waals surface area contributed by atoms with Crippen molar-refractivity contribution < 1.29 is 0 Å². The van der Waals surface area contributed by atoms with Gasteiger partial charge in [-0.1, -0.05) is 20.3 Å². The first-order valence-electron chi connectivity index (χ1n) is 8.28. The van der Waals surface area contributed by atoms with Crippen LogP contribution >= 0.6 is 0 Å². The molecular weight excluding hydrogens is 220 g/mol. The number of hydrogen-bond donors (Lipinski definition) is 1. The Morgan fingerprint density at radius 1 is 0.889 bits per heavy atom. The van der Waals surface area contributed by atoms with E-state index in [1.807, 2.05) is 0 Å². The van der Waals surface area contributed by atoms with Gasteiger partial charge in [0.2, 0.25) is 0 Å². The predicted molar refractivity (Wildman–Crippen MR) is 78.9 cm³/mol. The molecule has 1 heterocycles. The van der Waals surface area contributed by atoms with Gasteiger partial charge in [0.15, 0.2) is 0 Å². The Kier molecular flexibility index (Phi) is 5.97. The first-order valence-corrected chi connectivity index (χ1v) is 8.28. The van der Waals surface area contributed by atoms with Crippen molar-refractivity contribution in [1.82, 2.24) is 10.2 Å². The lowest BCUT2D eigenvalue weighted by molar-refractivity contribution is 0.0936. The van der Waals surface area contributed by atoms with Crippen LogP contribution < -0.4 is 5.32 Å². The second-order valence-electron chi connectivity index (χ2n) is 6.37. The van der Waals surface area contributed by atoms with E-state index in [1.54, 1.807) is 0 Å². The van der Waals surface area contributed by atoms with Crippen molar-refractivity contribution in [3.63, 3.8) is 0 Å². The molecular formula is C16H32N2. The van der Waals surface area contributed by atoms with Crippen LogP contribution in [-0.4, -0.2) is 37.1 Å². The van der Waals surface area contributed by atoms with Crippen molar-refractivity contribution in [2.75, 3.05) is 26.2 Å². The summed E-state index contributed by atoms with van der Waals surface area (Å²) in [6, 6.07) is 0.924. The summed E-state index contributed by atoms with van der Waals surface area (Å²) in [5.41, 5.74) is 0. The molecule has 1 aliphatic carbocycles. The summed E-state index contributed by atoms with van der Waals surface area (Å²) in [5, 5.41) is 3.51. The molecule has 2 heteroatoms. The zero-order valence-electron chi connectivity index (χ0n) is 12.5. The van der Waals surface area contributed by atoms with Crippen LogP contribution in [0.3, 0.4) is 0 Å². The average molecular weight is 252 g/mol. The SMILES string of the molecule is CCNCC1CCN(C2CCC(CC)CC2)CC1. The van der Waals surface area contributed by atoms with Gasteiger partial charge >= 0.3 is 0 Å². The highest BCUT2D eigenvalue weighted by Crippen LogP contribution is 2.31. The lowest BCUT2D eigenvalue weighted by Gasteiger charge is -2.40. The van der Waals surface area contributed by atoms with E-state index in [2.05, 4.69) is 24.1 Å². The highest BCUT2D eigenvalue weighted by Gasteiger charge is 2.28. The van der Waals surface area contributed by atoms with Crippen LogP contribution in [0.1, 0.15) is 58.8 Å². The lowest BCUT2D eigenvalue weighted by Crippen LogP contribution is -2.44. The smallest absolute Gasteiger partial charge is 0.00954 e. The van der Waals surface area contributed by atoms with Crippen molar-refractivity contribution in [3.05, 3.63) is 0 Å². The van der Waals surface area contributed by atoms with Crippen LogP contribution in [-0.2, 0) is 0 Å². The van der Waals surface area contributed by atoms with Gasteiger partial charge < -0.3 is 10.2 Å². The van der Waals surface area contributed by atoms with Crippen LogP contribution in [0.4, 0.5) is 0 Å². The maximum absolute atomic E-state index is 3.51. The van der Waals surface area contributed by atoms with Crippen LogP contribution in [0.5, 0.6) is 0 Å². The Labute approximate surface area is 114 Å². The largest absolute Gasteiger partial charge is 0.317 e. The zero-order valence-corrected chi connectivity index (χ0v) is 12.5. The Morgan fingerprint density at radius 2 is 1.56 bits per heavy atom. The van der Waals surface area contributed by atoms with Gasteiger partial charge in [0.05, 0.1) is 0 Å². The number of nitrogens with zero attached hydrogens (tertiary/aromatic N) is 1. The van der Waals surface area contributed by atoms with E-state index in [1.165, 1.54) is 64.6 Å². The number of rotatable bonds is 5. The first-order chi connectivity index (χ1) is 8.83. The van der Waals surface area contributed by atoms with E-state index in [4.69, 9.17) is 0 Å². The zero-order chi connectivity index (χ0) is 12.8. The first kappa shape index (κ1) is 14.3. The summed E-state index contributed by atoms with van der Waals surface area (Å²) in [6.07, 6.45) is 10.1. The van der Waals surface area contributed by atoms with E-state index >= 15 is 0 Å². The fourth-order valence-corrected chi connectivity index (χ4v) is 3.79. The van der Waals surface area contributed by atoms with Crippen LogP contribution in [0.2, 0.25) is 0 Å². The molecule has 106 valence electrons. The van der Waals surface area contributed by atoms with Crippen LogP contribution in [0.25, 0.3) is 0 Å². The number of likely N-dealkylation sites (tertiary alicyclic amines) is 1. The molecule has 2 rings (SSSR count). The summed E-state index contributed by atoms with van der Waals surface area (Å²) in [7, 11) is 0. The molecule has 18 heavy (non-hydrogen) atoms. The molecule has 0 aromatic carbocycles. The molecule has 0 bridgehead atoms. The number of hydrogen-bond acceptors (Lipinski definition) is 2. The van der Waals surface area contributed by atoms with E-state index in [9.17, 15) is 0 Å². The van der Waals surface area contributed by atoms with Gasteiger partial charge in [-0.2, -0.15) is 0 Å². The highest BCUT2D eigenvalue weighted by atomic mass is 15.2. The van der Waals surface area contributed by atoms with Crippen LogP contribution in [0, 0.1) is 11.8 Å². The van der Waals surface area contributed by atoms with Crippen molar-refractivity contribution in [2.45, 2.75) is 64.8 Å². The third-order valence-electron chi connectivity index (χ3n) is 5.24. The molecule has 0 unspecified atom stereocenters. The second-order valence-corrected chi connectivity index (χ2v) is 6.37. The van der Waals surface area contributed by atoms with Gasteiger partial charge in [0.25, 0.3) is 0 Å². The van der Waals surface area contributed by atoms with E-state index in [0.717, 1.165) is 24.4 Å². The molecule has 2 aliphatic rings. The third-order valence-corrected chi connectivity index (χ3v) is 5.24. The molecule has 0 atom stereocenters. The lowest BCUT2D eigenvalue weighted by atomic mass is 9.83. The molecule has 2 fully saturated rings. The van der Waals surface area contributed by atoms with Crippen molar-refractivity contribution in [3.8, 4) is 0 Å². The molecule has 0 spiro atoms. The van der Waals surface area contributed by atoms with Crippen molar-refractivity contribution in [2.24, 2.45) is 11.8 Å². The molecule has 1 saturated heterocycles. The highest BCUT2D eigenvalue weighted by molar-refractivity contribution is 4.83. The van der Waals surface area contributed by atoms with Gasteiger partial charge in [0.1, 0.15) is 0 Å². The third kappa shape index (κ3) is 3.96. The molecule has 1 N–H and O–H groups in total. The summed E-state index contributed by atoms with van der Waals surface area (Å²) in [4.78, 5) is 2.80. The van der Waals surface area contributed by atoms with Gasteiger partial charge in [-0.3, -0.25) is 0 Å². The maximum Gasteiger partial charge on any atom is 0.00954 e. The maximum atomic E-state index is 3.51. The Balaban J connectivity index is 1.67. The standard InChI is InChI=1S/C16H32N2/c1-3-14-5-7-16(8-6-14)18-11-9-15(10-12-18)13-17-4-2/h14-17H,3-13H2,1-2H3.